The first-order valence-electron chi connectivity index (χ1n) is 6.76. The fraction of sp³-hybridized carbons (Fsp3) is 0.462. The number of anilines is 1. The van der Waals surface area contributed by atoms with E-state index in [1.165, 1.54) is 0 Å². The number of hydrogen-bond acceptors (Lipinski definition) is 6. The minimum atomic E-state index is -0.405. The molecule has 21 heavy (non-hydrogen) atoms. The third kappa shape index (κ3) is 3.33. The summed E-state index contributed by atoms with van der Waals surface area (Å²) >= 11 is 0. The number of hydrogen-bond donors (Lipinski definition) is 1. The van der Waals surface area contributed by atoms with E-state index >= 15 is 0 Å². The first kappa shape index (κ1) is 14.9. The molecular formula is C13H18N6O2. The summed E-state index contributed by atoms with van der Waals surface area (Å²) in [7, 11) is 0. The molecule has 0 atom stereocenters. The highest BCUT2D eigenvalue weighted by Crippen LogP contribution is 2.22. The van der Waals surface area contributed by atoms with Crippen LogP contribution in [0.2, 0.25) is 0 Å². The van der Waals surface area contributed by atoms with E-state index in [-0.39, 0.29) is 5.69 Å². The van der Waals surface area contributed by atoms with Crippen molar-refractivity contribution in [3.05, 3.63) is 39.6 Å². The molecule has 0 bridgehead atoms. The van der Waals surface area contributed by atoms with Gasteiger partial charge in [0.2, 0.25) is 0 Å². The summed E-state index contributed by atoms with van der Waals surface area (Å²) in [5.41, 5.74) is 1.70. The first-order valence-corrected chi connectivity index (χ1v) is 6.76. The van der Waals surface area contributed by atoms with E-state index < -0.39 is 4.92 Å². The highest BCUT2D eigenvalue weighted by molar-refractivity contribution is 5.39. The maximum atomic E-state index is 11.0. The smallest absolute Gasteiger partial charge is 0.312 e. The molecule has 0 radical (unpaired) electrons. The van der Waals surface area contributed by atoms with Gasteiger partial charge in [0.15, 0.2) is 0 Å². The second-order valence-electron chi connectivity index (χ2n) is 4.75. The van der Waals surface area contributed by atoms with Crippen LogP contribution in [0, 0.1) is 24.0 Å². The maximum Gasteiger partial charge on any atom is 0.312 e. The van der Waals surface area contributed by atoms with Gasteiger partial charge >= 0.3 is 5.69 Å². The van der Waals surface area contributed by atoms with Crippen molar-refractivity contribution >= 4 is 11.5 Å². The van der Waals surface area contributed by atoms with Crippen molar-refractivity contribution in [1.82, 2.24) is 19.7 Å². The van der Waals surface area contributed by atoms with E-state index in [1.807, 2.05) is 0 Å². The van der Waals surface area contributed by atoms with Crippen LogP contribution in [0.3, 0.4) is 0 Å². The van der Waals surface area contributed by atoms with E-state index in [1.54, 1.807) is 30.9 Å². The molecule has 0 saturated carbocycles. The SMILES string of the molecule is CCCNc1cnc(Cn2nc(C)c([N+](=O)[O-])c2C)cn1. The normalized spacial score (nSPS) is 10.6. The average molecular weight is 290 g/mol. The van der Waals surface area contributed by atoms with Gasteiger partial charge in [0.25, 0.3) is 0 Å². The Labute approximate surface area is 122 Å². The molecule has 0 aliphatic rings. The van der Waals surface area contributed by atoms with Gasteiger partial charge in [-0.2, -0.15) is 5.10 Å². The average Bonchev–Trinajstić information content (AvgIpc) is 2.72. The number of nitrogens with zero attached hydrogens (tertiary/aromatic N) is 5. The fourth-order valence-electron chi connectivity index (χ4n) is 2.04. The van der Waals surface area contributed by atoms with E-state index in [0.29, 0.717) is 23.6 Å². The zero-order chi connectivity index (χ0) is 15.4. The van der Waals surface area contributed by atoms with Crippen molar-refractivity contribution < 1.29 is 4.92 Å². The van der Waals surface area contributed by atoms with Crippen molar-refractivity contribution in [1.29, 1.82) is 0 Å². The molecule has 112 valence electrons. The van der Waals surface area contributed by atoms with Gasteiger partial charge in [0.05, 0.1) is 29.6 Å². The molecule has 2 rings (SSSR count). The molecule has 1 N–H and O–H groups in total. The molecule has 0 spiro atoms. The Hall–Kier alpha value is -2.51. The number of nitrogens with one attached hydrogen (secondary N) is 1. The summed E-state index contributed by atoms with van der Waals surface area (Å²) in [6, 6.07) is 0. The molecule has 0 unspecified atom stereocenters. The van der Waals surface area contributed by atoms with Crippen LogP contribution in [0.5, 0.6) is 0 Å². The summed E-state index contributed by atoms with van der Waals surface area (Å²) in [4.78, 5) is 19.1. The minimum absolute atomic E-state index is 0.0594. The first-order chi connectivity index (χ1) is 10.0. The molecule has 8 nitrogen and oxygen atoms in total. The standard InChI is InChI=1S/C13H18N6O2/c1-4-5-14-12-7-15-11(6-16-12)8-18-10(3)13(19(20)21)9(2)17-18/h6-7H,4-5,8H2,1-3H3,(H,14,16). The highest BCUT2D eigenvalue weighted by Gasteiger charge is 2.21. The summed E-state index contributed by atoms with van der Waals surface area (Å²) < 4.78 is 1.58. The molecule has 8 heteroatoms. The lowest BCUT2D eigenvalue weighted by Crippen LogP contribution is -2.08. The summed E-state index contributed by atoms with van der Waals surface area (Å²) in [5, 5.41) is 18.3. The second kappa shape index (κ2) is 6.29. The molecule has 0 saturated heterocycles. The van der Waals surface area contributed by atoms with Crippen molar-refractivity contribution in [2.75, 3.05) is 11.9 Å². The third-order valence-electron chi connectivity index (χ3n) is 3.10. The van der Waals surface area contributed by atoms with Gasteiger partial charge in [0.1, 0.15) is 17.2 Å². The summed E-state index contributed by atoms with van der Waals surface area (Å²) in [5.74, 6) is 0.722. The molecule has 2 aromatic rings. The van der Waals surface area contributed by atoms with E-state index in [0.717, 1.165) is 18.8 Å². The van der Waals surface area contributed by atoms with Crippen LogP contribution in [0.15, 0.2) is 12.4 Å². The summed E-state index contributed by atoms with van der Waals surface area (Å²) in [6.45, 7) is 6.59. The predicted molar refractivity (Wildman–Crippen MR) is 78.3 cm³/mol. The van der Waals surface area contributed by atoms with Crippen molar-refractivity contribution in [2.24, 2.45) is 0 Å². The zero-order valence-corrected chi connectivity index (χ0v) is 12.3. The van der Waals surface area contributed by atoms with Crippen LogP contribution in [-0.4, -0.2) is 31.2 Å². The number of nitro groups is 1. The Balaban J connectivity index is 2.15. The van der Waals surface area contributed by atoms with Gasteiger partial charge in [-0.25, -0.2) is 4.98 Å². The molecule has 0 aliphatic heterocycles. The number of aryl methyl sites for hydroxylation is 1. The summed E-state index contributed by atoms with van der Waals surface area (Å²) in [6.07, 6.45) is 4.32. The van der Waals surface area contributed by atoms with Crippen LogP contribution in [0.1, 0.15) is 30.4 Å². The molecule has 0 aliphatic carbocycles. The quantitative estimate of drug-likeness (QED) is 0.646. The zero-order valence-electron chi connectivity index (χ0n) is 12.3. The van der Waals surface area contributed by atoms with Crippen LogP contribution < -0.4 is 5.32 Å². The van der Waals surface area contributed by atoms with Gasteiger partial charge in [-0.3, -0.25) is 19.8 Å². The van der Waals surface area contributed by atoms with Crippen LogP contribution in [0.4, 0.5) is 11.5 Å². The number of rotatable bonds is 6. The fourth-order valence-corrected chi connectivity index (χ4v) is 2.04. The number of aromatic nitrogens is 4. The molecule has 0 fully saturated rings. The third-order valence-corrected chi connectivity index (χ3v) is 3.10. The largest absolute Gasteiger partial charge is 0.369 e. The van der Waals surface area contributed by atoms with Gasteiger partial charge in [-0.1, -0.05) is 6.92 Å². The van der Waals surface area contributed by atoms with Gasteiger partial charge in [0, 0.05) is 6.54 Å². The maximum absolute atomic E-state index is 11.0. The Morgan fingerprint density at radius 3 is 2.62 bits per heavy atom. The van der Waals surface area contributed by atoms with E-state index in [9.17, 15) is 10.1 Å². The Morgan fingerprint density at radius 2 is 2.10 bits per heavy atom. The Bertz CT molecular complexity index is 635. The lowest BCUT2D eigenvalue weighted by atomic mass is 10.3. The molecule has 0 amide bonds. The van der Waals surface area contributed by atoms with E-state index in [2.05, 4.69) is 27.3 Å². The van der Waals surface area contributed by atoms with Crippen molar-refractivity contribution in [2.45, 2.75) is 33.7 Å². The van der Waals surface area contributed by atoms with Crippen LogP contribution in [-0.2, 0) is 6.54 Å². The Morgan fingerprint density at radius 1 is 1.33 bits per heavy atom. The Kier molecular flexibility index (Phi) is 4.46. The van der Waals surface area contributed by atoms with Gasteiger partial charge in [-0.05, 0) is 20.3 Å². The van der Waals surface area contributed by atoms with Crippen molar-refractivity contribution in [3.63, 3.8) is 0 Å². The minimum Gasteiger partial charge on any atom is -0.369 e. The van der Waals surface area contributed by atoms with Crippen LogP contribution in [0.25, 0.3) is 0 Å². The molecule has 0 aromatic carbocycles. The molecular weight excluding hydrogens is 272 g/mol. The monoisotopic (exact) mass is 290 g/mol. The molecule has 2 heterocycles. The lowest BCUT2D eigenvalue weighted by molar-refractivity contribution is -0.386. The topological polar surface area (TPSA) is 98.8 Å². The highest BCUT2D eigenvalue weighted by atomic mass is 16.6. The second-order valence-corrected chi connectivity index (χ2v) is 4.75. The van der Waals surface area contributed by atoms with E-state index in [4.69, 9.17) is 0 Å². The van der Waals surface area contributed by atoms with Gasteiger partial charge < -0.3 is 5.32 Å². The van der Waals surface area contributed by atoms with Crippen LogP contribution >= 0.6 is 0 Å². The van der Waals surface area contributed by atoms with Crippen molar-refractivity contribution in [3.8, 4) is 0 Å². The van der Waals surface area contributed by atoms with Gasteiger partial charge in [-0.15, -0.1) is 0 Å². The molecule has 2 aromatic heterocycles. The predicted octanol–water partition coefficient (Wildman–Crippen LogP) is 2.07. The lowest BCUT2D eigenvalue weighted by Gasteiger charge is -2.05.